The number of anilines is 1. The predicted octanol–water partition coefficient (Wildman–Crippen LogP) is 3.33. The van der Waals surface area contributed by atoms with Gasteiger partial charge in [-0.15, -0.1) is 0 Å². The van der Waals surface area contributed by atoms with Crippen LogP contribution in [0.3, 0.4) is 0 Å². The highest BCUT2D eigenvalue weighted by Gasteiger charge is 2.18. The van der Waals surface area contributed by atoms with Crippen molar-refractivity contribution in [2.75, 3.05) is 12.4 Å². The summed E-state index contributed by atoms with van der Waals surface area (Å²) in [5.74, 6) is 0.960. The summed E-state index contributed by atoms with van der Waals surface area (Å²) in [5.41, 5.74) is 0.457. The molecule has 5 heteroatoms. The van der Waals surface area contributed by atoms with Gasteiger partial charge in [-0.2, -0.15) is 0 Å². The number of pyridine rings is 1. The fourth-order valence-electron chi connectivity index (χ4n) is 2.15. The number of hydrogen-bond acceptors (Lipinski definition) is 3. The van der Waals surface area contributed by atoms with E-state index >= 15 is 0 Å². The molecule has 1 unspecified atom stereocenters. The highest BCUT2D eigenvalue weighted by Crippen LogP contribution is 2.19. The predicted molar refractivity (Wildman–Crippen MR) is 79.8 cm³/mol. The van der Waals surface area contributed by atoms with Crippen LogP contribution in [0.5, 0.6) is 0 Å². The summed E-state index contributed by atoms with van der Waals surface area (Å²) >= 11 is 6.03. The number of nitrogens with zero attached hydrogens (tertiary/aromatic N) is 1. The molecule has 1 atom stereocenters. The highest BCUT2D eigenvalue weighted by molar-refractivity contribution is 6.33. The number of amides is 1. The minimum atomic E-state index is -0.150. The second-order valence-corrected chi connectivity index (χ2v) is 5.05. The molecule has 4 nitrogen and oxygen atoms in total. The standard InChI is InChI=1S/C14H22ClN3O/c1-5-10(6-2)9(3)18-14(19)11-7-13(16-4)17-8-12(11)15/h7-10H,5-6H2,1-4H3,(H,16,17)(H,18,19). The van der Waals surface area contributed by atoms with Gasteiger partial charge in [0.1, 0.15) is 5.82 Å². The fraction of sp³-hybridized carbons (Fsp3) is 0.571. The van der Waals surface area contributed by atoms with Crippen LogP contribution in [-0.4, -0.2) is 24.0 Å². The molecule has 0 radical (unpaired) electrons. The van der Waals surface area contributed by atoms with E-state index in [0.29, 0.717) is 22.3 Å². The minimum absolute atomic E-state index is 0.129. The summed E-state index contributed by atoms with van der Waals surface area (Å²) in [6.45, 7) is 6.30. The number of aromatic nitrogens is 1. The van der Waals surface area contributed by atoms with Crippen molar-refractivity contribution in [1.82, 2.24) is 10.3 Å². The van der Waals surface area contributed by atoms with Gasteiger partial charge >= 0.3 is 0 Å². The van der Waals surface area contributed by atoms with Crippen molar-refractivity contribution in [1.29, 1.82) is 0 Å². The van der Waals surface area contributed by atoms with Gasteiger partial charge in [0.2, 0.25) is 0 Å². The van der Waals surface area contributed by atoms with Crippen molar-refractivity contribution < 1.29 is 4.79 Å². The molecule has 0 saturated carbocycles. The Balaban J connectivity index is 2.83. The van der Waals surface area contributed by atoms with E-state index in [0.717, 1.165) is 12.8 Å². The second kappa shape index (κ2) is 7.34. The zero-order valence-electron chi connectivity index (χ0n) is 12.0. The molecule has 0 fully saturated rings. The monoisotopic (exact) mass is 283 g/mol. The first-order valence-electron chi connectivity index (χ1n) is 6.67. The third kappa shape index (κ3) is 4.10. The van der Waals surface area contributed by atoms with Gasteiger partial charge < -0.3 is 10.6 Å². The van der Waals surface area contributed by atoms with Crippen molar-refractivity contribution >= 4 is 23.3 Å². The summed E-state index contributed by atoms with van der Waals surface area (Å²) in [6, 6.07) is 1.79. The molecule has 0 spiro atoms. The van der Waals surface area contributed by atoms with Crippen LogP contribution < -0.4 is 10.6 Å². The van der Waals surface area contributed by atoms with Gasteiger partial charge in [0, 0.05) is 19.3 Å². The molecule has 2 N–H and O–H groups in total. The van der Waals surface area contributed by atoms with E-state index < -0.39 is 0 Å². The Bertz CT molecular complexity index is 433. The van der Waals surface area contributed by atoms with Gasteiger partial charge in [0.15, 0.2) is 0 Å². The summed E-state index contributed by atoms with van der Waals surface area (Å²) in [5, 5.41) is 6.28. The van der Waals surface area contributed by atoms with Gasteiger partial charge in [-0.3, -0.25) is 4.79 Å². The molecular formula is C14H22ClN3O. The van der Waals surface area contributed by atoms with E-state index in [4.69, 9.17) is 11.6 Å². The number of carbonyl (C=O) groups excluding carboxylic acids is 1. The third-order valence-corrected chi connectivity index (χ3v) is 3.77. The Morgan fingerprint density at radius 3 is 2.58 bits per heavy atom. The lowest BCUT2D eigenvalue weighted by molar-refractivity contribution is 0.0925. The molecule has 1 aromatic rings. The first-order valence-corrected chi connectivity index (χ1v) is 7.05. The maximum Gasteiger partial charge on any atom is 0.253 e. The van der Waals surface area contributed by atoms with Crippen LogP contribution in [0.1, 0.15) is 44.0 Å². The van der Waals surface area contributed by atoms with Gasteiger partial charge in [0.05, 0.1) is 10.6 Å². The molecule has 0 aliphatic heterocycles. The van der Waals surface area contributed by atoms with Gasteiger partial charge in [-0.1, -0.05) is 38.3 Å². The smallest absolute Gasteiger partial charge is 0.253 e. The Hall–Kier alpha value is -1.29. The molecule has 1 heterocycles. The molecule has 0 aliphatic rings. The van der Waals surface area contributed by atoms with Crippen molar-refractivity contribution in [3.63, 3.8) is 0 Å². The van der Waals surface area contributed by atoms with Crippen LogP contribution >= 0.6 is 11.6 Å². The molecule has 0 aliphatic carbocycles. The van der Waals surface area contributed by atoms with Crippen LogP contribution in [0.2, 0.25) is 5.02 Å². The number of hydrogen-bond donors (Lipinski definition) is 2. The number of nitrogens with one attached hydrogen (secondary N) is 2. The zero-order valence-corrected chi connectivity index (χ0v) is 12.7. The first kappa shape index (κ1) is 15.8. The highest BCUT2D eigenvalue weighted by atomic mass is 35.5. The zero-order chi connectivity index (χ0) is 14.4. The minimum Gasteiger partial charge on any atom is -0.373 e. The lowest BCUT2D eigenvalue weighted by Crippen LogP contribution is -2.37. The average molecular weight is 284 g/mol. The maximum atomic E-state index is 12.2. The molecular weight excluding hydrogens is 262 g/mol. The summed E-state index contributed by atoms with van der Waals surface area (Å²) in [7, 11) is 1.75. The van der Waals surface area contributed by atoms with Crippen LogP contribution in [0.15, 0.2) is 12.3 Å². The Morgan fingerprint density at radius 2 is 2.05 bits per heavy atom. The van der Waals surface area contributed by atoms with E-state index in [1.54, 1.807) is 13.1 Å². The fourth-order valence-corrected chi connectivity index (χ4v) is 2.34. The Labute approximate surface area is 120 Å². The lowest BCUT2D eigenvalue weighted by Gasteiger charge is -2.22. The molecule has 1 amide bonds. The van der Waals surface area contributed by atoms with Crippen LogP contribution in [-0.2, 0) is 0 Å². The van der Waals surface area contributed by atoms with Crippen molar-refractivity contribution in [2.24, 2.45) is 5.92 Å². The van der Waals surface area contributed by atoms with Crippen LogP contribution in [0.4, 0.5) is 5.82 Å². The first-order chi connectivity index (χ1) is 9.03. The maximum absolute atomic E-state index is 12.2. The summed E-state index contributed by atoms with van der Waals surface area (Å²) < 4.78 is 0. The largest absolute Gasteiger partial charge is 0.373 e. The summed E-state index contributed by atoms with van der Waals surface area (Å²) in [4.78, 5) is 16.3. The van der Waals surface area contributed by atoms with Gasteiger partial charge in [0.25, 0.3) is 5.91 Å². The lowest BCUT2D eigenvalue weighted by atomic mass is 9.95. The Morgan fingerprint density at radius 1 is 1.42 bits per heavy atom. The Kier molecular flexibility index (Phi) is 6.09. The molecule has 0 bridgehead atoms. The van der Waals surface area contributed by atoms with Crippen molar-refractivity contribution in [3.8, 4) is 0 Å². The van der Waals surface area contributed by atoms with Crippen molar-refractivity contribution in [2.45, 2.75) is 39.7 Å². The van der Waals surface area contributed by atoms with E-state index in [2.05, 4.69) is 29.5 Å². The topological polar surface area (TPSA) is 54.0 Å². The quantitative estimate of drug-likeness (QED) is 0.842. The number of halogens is 1. The molecule has 1 rings (SSSR count). The van der Waals surface area contributed by atoms with E-state index in [-0.39, 0.29) is 11.9 Å². The van der Waals surface area contributed by atoms with Crippen LogP contribution in [0, 0.1) is 5.92 Å². The van der Waals surface area contributed by atoms with Crippen molar-refractivity contribution in [3.05, 3.63) is 22.8 Å². The van der Waals surface area contributed by atoms with E-state index in [1.807, 2.05) is 6.92 Å². The molecule has 0 saturated heterocycles. The second-order valence-electron chi connectivity index (χ2n) is 4.64. The average Bonchev–Trinajstić information content (AvgIpc) is 2.40. The van der Waals surface area contributed by atoms with E-state index in [1.165, 1.54) is 6.20 Å². The molecule has 19 heavy (non-hydrogen) atoms. The number of rotatable bonds is 6. The SMILES string of the molecule is CCC(CC)C(C)NC(=O)c1cc(NC)ncc1Cl. The molecule has 106 valence electrons. The molecule has 0 aromatic carbocycles. The third-order valence-electron chi connectivity index (χ3n) is 3.47. The summed E-state index contributed by atoms with van der Waals surface area (Å²) in [6.07, 6.45) is 3.58. The van der Waals surface area contributed by atoms with Crippen LogP contribution in [0.25, 0.3) is 0 Å². The molecule has 1 aromatic heterocycles. The number of carbonyl (C=O) groups is 1. The van der Waals surface area contributed by atoms with E-state index in [9.17, 15) is 4.79 Å². The van der Waals surface area contributed by atoms with Gasteiger partial charge in [-0.05, 0) is 18.9 Å². The van der Waals surface area contributed by atoms with Gasteiger partial charge in [-0.25, -0.2) is 4.98 Å². The normalized spacial score (nSPS) is 12.3.